The number of aliphatic hydroxyl groups is 1. The number of hydrogen-bond acceptors (Lipinski definition) is 8. The van der Waals surface area contributed by atoms with Gasteiger partial charge in [-0.25, -0.2) is 13.4 Å². The minimum atomic E-state index is -3.55. The smallest absolute Gasteiger partial charge is 0.251 e. The fourth-order valence-corrected chi connectivity index (χ4v) is 6.17. The first-order valence-corrected chi connectivity index (χ1v) is 14.9. The minimum Gasteiger partial charge on any atom is -0.392 e. The van der Waals surface area contributed by atoms with E-state index < -0.39 is 32.3 Å². The molecule has 0 aliphatic heterocycles. The van der Waals surface area contributed by atoms with Gasteiger partial charge in [0.25, 0.3) is 5.91 Å². The van der Waals surface area contributed by atoms with E-state index in [1.807, 2.05) is 36.4 Å². The number of aliphatic hydroxyl groups excluding tert-OH is 1. The molecule has 3 N–H and O–H groups in total. The highest BCUT2D eigenvalue weighted by atomic mass is 32.2. The van der Waals surface area contributed by atoms with E-state index in [1.54, 1.807) is 25.3 Å². The van der Waals surface area contributed by atoms with Crippen LogP contribution in [0.25, 0.3) is 5.57 Å². The second-order valence-corrected chi connectivity index (χ2v) is 12.9. The van der Waals surface area contributed by atoms with Crippen molar-refractivity contribution in [2.75, 3.05) is 18.5 Å². The third-order valence-electron chi connectivity index (χ3n) is 6.45. The number of carbonyl (C=O) groups is 2. The van der Waals surface area contributed by atoms with Crippen LogP contribution in [0.15, 0.2) is 82.6 Å². The zero-order valence-corrected chi connectivity index (χ0v) is 23.6. The summed E-state index contributed by atoms with van der Waals surface area (Å²) in [6, 6.07) is 17.6. The Morgan fingerprint density at radius 3 is 2.60 bits per heavy atom. The highest BCUT2D eigenvalue weighted by Crippen LogP contribution is 2.41. The van der Waals surface area contributed by atoms with E-state index in [0.29, 0.717) is 17.7 Å². The van der Waals surface area contributed by atoms with Gasteiger partial charge in [0.2, 0.25) is 5.91 Å². The second-order valence-electron chi connectivity index (χ2n) is 9.56. The predicted molar refractivity (Wildman–Crippen MR) is 153 cm³/mol. The van der Waals surface area contributed by atoms with Gasteiger partial charge in [-0.05, 0) is 48.8 Å². The maximum Gasteiger partial charge on any atom is 0.251 e. The van der Waals surface area contributed by atoms with Gasteiger partial charge in [-0.2, -0.15) is 5.26 Å². The van der Waals surface area contributed by atoms with Crippen LogP contribution in [0.2, 0.25) is 0 Å². The van der Waals surface area contributed by atoms with Gasteiger partial charge in [-0.1, -0.05) is 48.6 Å². The van der Waals surface area contributed by atoms with Crippen molar-refractivity contribution in [3.8, 4) is 6.07 Å². The Balaban J connectivity index is 1.44. The van der Waals surface area contributed by atoms with E-state index in [4.69, 9.17) is 0 Å². The SMILES string of the molecule is CC(C)S(=O)(=O)c1cccc(C(=O)NCC(=O)Nc2nc(C3(C#N)C=C(CO)C=C(c4ccccc4)C3)cs2)c1. The second kappa shape index (κ2) is 12.0. The summed E-state index contributed by atoms with van der Waals surface area (Å²) in [5.74, 6) is -1.13. The van der Waals surface area contributed by atoms with E-state index in [1.165, 1.54) is 24.3 Å². The fraction of sp³-hybridized carbons (Fsp3) is 0.241. The molecular weight excluding hydrogens is 548 g/mol. The third kappa shape index (κ3) is 6.20. The van der Waals surface area contributed by atoms with E-state index in [0.717, 1.165) is 22.5 Å². The minimum absolute atomic E-state index is 0.0349. The maximum atomic E-state index is 12.6. The van der Waals surface area contributed by atoms with Crippen LogP contribution in [0, 0.1) is 11.3 Å². The number of nitriles is 1. The average Bonchev–Trinajstić information content (AvgIpc) is 3.45. The number of carbonyl (C=O) groups excluding carboxylic acids is 2. The molecule has 0 radical (unpaired) electrons. The number of thiazole rings is 1. The van der Waals surface area contributed by atoms with Gasteiger partial charge < -0.3 is 15.7 Å². The van der Waals surface area contributed by atoms with E-state index >= 15 is 0 Å². The quantitative estimate of drug-likeness (QED) is 0.350. The number of aromatic nitrogens is 1. The highest BCUT2D eigenvalue weighted by Gasteiger charge is 2.37. The lowest BCUT2D eigenvalue weighted by Crippen LogP contribution is -2.33. The molecule has 206 valence electrons. The summed E-state index contributed by atoms with van der Waals surface area (Å²) in [4.78, 5) is 29.7. The monoisotopic (exact) mass is 576 g/mol. The maximum absolute atomic E-state index is 12.6. The molecule has 1 unspecified atom stereocenters. The molecule has 9 nitrogen and oxygen atoms in total. The van der Waals surface area contributed by atoms with Crippen LogP contribution in [0.4, 0.5) is 5.13 Å². The van der Waals surface area contributed by atoms with E-state index in [9.17, 15) is 28.4 Å². The number of nitrogens with zero attached hydrogens (tertiary/aromatic N) is 2. The number of hydrogen-bond donors (Lipinski definition) is 3. The number of rotatable bonds is 9. The molecule has 4 rings (SSSR count). The van der Waals surface area contributed by atoms with Gasteiger partial charge in [-0.3, -0.25) is 9.59 Å². The molecule has 0 saturated carbocycles. The summed E-state index contributed by atoms with van der Waals surface area (Å²) in [6.45, 7) is 2.51. The zero-order valence-electron chi connectivity index (χ0n) is 21.9. The molecule has 2 amide bonds. The number of anilines is 1. The number of allylic oxidation sites excluding steroid dienone is 2. The largest absolute Gasteiger partial charge is 0.392 e. The first kappa shape index (κ1) is 28.9. The lowest BCUT2D eigenvalue weighted by atomic mass is 9.74. The number of amides is 2. The summed E-state index contributed by atoms with van der Waals surface area (Å²) in [5.41, 5.74) is 1.85. The van der Waals surface area contributed by atoms with E-state index in [2.05, 4.69) is 21.7 Å². The number of sulfone groups is 1. The molecule has 40 heavy (non-hydrogen) atoms. The Morgan fingerprint density at radius 1 is 1.18 bits per heavy atom. The molecule has 1 heterocycles. The summed E-state index contributed by atoms with van der Waals surface area (Å²) < 4.78 is 24.8. The topological polar surface area (TPSA) is 149 Å². The van der Waals surface area contributed by atoms with Crippen LogP contribution >= 0.6 is 11.3 Å². The number of nitrogens with one attached hydrogen (secondary N) is 2. The first-order valence-electron chi connectivity index (χ1n) is 12.5. The van der Waals surface area contributed by atoms with Crippen molar-refractivity contribution in [1.29, 1.82) is 5.26 Å². The van der Waals surface area contributed by atoms with Crippen LogP contribution in [0.5, 0.6) is 0 Å². The first-order chi connectivity index (χ1) is 19.1. The molecule has 1 aliphatic carbocycles. The average molecular weight is 577 g/mol. The number of benzene rings is 2. The summed E-state index contributed by atoms with van der Waals surface area (Å²) in [5, 5.41) is 26.5. The molecule has 1 aliphatic rings. The fourth-order valence-electron chi connectivity index (χ4n) is 4.26. The molecule has 0 fully saturated rings. The van der Waals surface area contributed by atoms with Gasteiger partial charge in [0.1, 0.15) is 5.41 Å². The Bertz CT molecular complexity index is 1640. The Morgan fingerprint density at radius 2 is 1.93 bits per heavy atom. The van der Waals surface area contributed by atoms with Crippen molar-refractivity contribution in [1.82, 2.24) is 10.3 Å². The van der Waals surface area contributed by atoms with Crippen LogP contribution in [0.1, 0.15) is 41.9 Å². The van der Waals surface area contributed by atoms with Gasteiger partial charge >= 0.3 is 0 Å². The van der Waals surface area contributed by atoms with Crippen LogP contribution in [-0.4, -0.2) is 48.7 Å². The highest BCUT2D eigenvalue weighted by molar-refractivity contribution is 7.92. The Kier molecular flexibility index (Phi) is 8.64. The standard InChI is InChI=1S/C29H28N4O5S2/c1-19(2)40(37,38)24-10-6-9-22(12-24)27(36)31-15-26(35)33-28-32-25(17-39-28)29(18-30)13-20(16-34)11-23(14-29)21-7-4-3-5-8-21/h3-13,17,19,34H,14-16H2,1-2H3,(H,31,36)(H,32,33,35). The molecule has 0 spiro atoms. The van der Waals surface area contributed by atoms with Crippen molar-refractivity contribution < 1.29 is 23.1 Å². The molecule has 1 aromatic heterocycles. The van der Waals surface area contributed by atoms with Crippen LogP contribution in [0.3, 0.4) is 0 Å². The van der Waals surface area contributed by atoms with Crippen LogP contribution < -0.4 is 10.6 Å². The van der Waals surface area contributed by atoms with Crippen molar-refractivity contribution in [2.45, 2.75) is 35.8 Å². The summed E-state index contributed by atoms with van der Waals surface area (Å²) in [6.07, 6.45) is 3.92. The summed E-state index contributed by atoms with van der Waals surface area (Å²) >= 11 is 1.14. The zero-order chi connectivity index (χ0) is 28.9. The van der Waals surface area contributed by atoms with Gasteiger partial charge in [0.15, 0.2) is 15.0 Å². The molecule has 3 aromatic rings. The Hall–Kier alpha value is -4.11. The van der Waals surface area contributed by atoms with Crippen molar-refractivity contribution in [3.63, 3.8) is 0 Å². The molecule has 11 heteroatoms. The predicted octanol–water partition coefficient (Wildman–Crippen LogP) is 3.86. The molecule has 0 saturated heterocycles. The lowest BCUT2D eigenvalue weighted by molar-refractivity contribution is -0.115. The summed E-state index contributed by atoms with van der Waals surface area (Å²) in [7, 11) is -3.55. The molecule has 0 bridgehead atoms. The van der Waals surface area contributed by atoms with Crippen molar-refractivity contribution in [3.05, 3.63) is 94.5 Å². The van der Waals surface area contributed by atoms with E-state index in [-0.39, 0.29) is 28.7 Å². The van der Waals surface area contributed by atoms with Crippen molar-refractivity contribution >= 4 is 43.7 Å². The van der Waals surface area contributed by atoms with Gasteiger partial charge in [0.05, 0.1) is 35.1 Å². The Labute approximate surface area is 236 Å². The van der Waals surface area contributed by atoms with Gasteiger partial charge in [0, 0.05) is 17.4 Å². The lowest BCUT2D eigenvalue weighted by Gasteiger charge is -2.28. The normalized spacial score (nSPS) is 17.0. The molecule has 1 atom stereocenters. The molecular formula is C29H28N4O5S2. The van der Waals surface area contributed by atoms with Crippen molar-refractivity contribution in [2.24, 2.45) is 0 Å². The molecule has 2 aromatic carbocycles. The third-order valence-corrected chi connectivity index (χ3v) is 9.36. The van der Waals surface area contributed by atoms with Crippen LogP contribution in [-0.2, 0) is 20.0 Å². The van der Waals surface area contributed by atoms with Gasteiger partial charge in [-0.15, -0.1) is 11.3 Å².